The van der Waals surface area contributed by atoms with Crippen molar-refractivity contribution in [3.05, 3.63) is 66.2 Å². The van der Waals surface area contributed by atoms with E-state index in [1.807, 2.05) is 37.3 Å². The lowest BCUT2D eigenvalue weighted by Crippen LogP contribution is -2.25. The van der Waals surface area contributed by atoms with Crippen LogP contribution in [0.3, 0.4) is 0 Å². The molecule has 0 saturated carbocycles. The zero-order valence-electron chi connectivity index (χ0n) is 14.3. The number of methoxy groups -OCH3 is 2. The van der Waals surface area contributed by atoms with E-state index in [1.54, 1.807) is 32.4 Å². The van der Waals surface area contributed by atoms with Gasteiger partial charge >= 0.3 is 0 Å². The first-order valence-corrected chi connectivity index (χ1v) is 7.76. The fourth-order valence-corrected chi connectivity index (χ4v) is 2.45. The molecule has 0 radical (unpaired) electrons. The highest BCUT2D eigenvalue weighted by atomic mass is 16.5. The van der Waals surface area contributed by atoms with E-state index in [4.69, 9.17) is 9.47 Å². The average Bonchev–Trinajstić information content (AvgIpc) is 2.59. The summed E-state index contributed by atoms with van der Waals surface area (Å²) in [5.74, 6) is 0.852. The molecule has 1 N–H and O–H groups in total. The monoisotopic (exact) mass is 325 g/mol. The third kappa shape index (κ3) is 4.62. The molecule has 2 aromatic carbocycles. The second-order valence-corrected chi connectivity index (χ2v) is 5.68. The van der Waals surface area contributed by atoms with Gasteiger partial charge in [-0.15, -0.1) is 0 Å². The molecule has 24 heavy (non-hydrogen) atoms. The van der Waals surface area contributed by atoms with Crippen LogP contribution in [-0.4, -0.2) is 20.1 Å². The van der Waals surface area contributed by atoms with E-state index in [-0.39, 0.29) is 11.8 Å². The topological polar surface area (TPSA) is 47.6 Å². The summed E-state index contributed by atoms with van der Waals surface area (Å²) in [6, 6.07) is 15.2. The quantitative estimate of drug-likeness (QED) is 0.780. The third-order valence-corrected chi connectivity index (χ3v) is 3.81. The lowest BCUT2D eigenvalue weighted by molar-refractivity contribution is -0.118. The van der Waals surface area contributed by atoms with Gasteiger partial charge in [0, 0.05) is 23.9 Å². The number of benzene rings is 2. The summed E-state index contributed by atoms with van der Waals surface area (Å²) >= 11 is 0. The van der Waals surface area contributed by atoms with Gasteiger partial charge in [0.25, 0.3) is 0 Å². The Balaban J connectivity index is 2.17. The number of ether oxygens (including phenoxy) is 2. The number of anilines is 1. The van der Waals surface area contributed by atoms with Gasteiger partial charge in [-0.3, -0.25) is 4.79 Å². The molecule has 1 unspecified atom stereocenters. The normalized spacial score (nSPS) is 11.5. The van der Waals surface area contributed by atoms with Crippen molar-refractivity contribution in [2.24, 2.45) is 5.92 Å². The number of hydrogen-bond acceptors (Lipinski definition) is 3. The van der Waals surface area contributed by atoms with Crippen molar-refractivity contribution < 1.29 is 14.3 Å². The molecule has 0 aliphatic rings. The van der Waals surface area contributed by atoms with Crippen LogP contribution < -0.4 is 14.8 Å². The van der Waals surface area contributed by atoms with Gasteiger partial charge in [-0.25, -0.2) is 0 Å². The van der Waals surface area contributed by atoms with Gasteiger partial charge in [-0.05, 0) is 18.9 Å². The minimum absolute atomic E-state index is 0.0957. The fraction of sp³-hybridized carbons (Fsp3) is 0.250. The zero-order chi connectivity index (χ0) is 17.5. The van der Waals surface area contributed by atoms with Crippen LogP contribution in [0.1, 0.15) is 12.5 Å². The Hall–Kier alpha value is -2.75. The van der Waals surface area contributed by atoms with Crippen LogP contribution in [-0.2, 0) is 11.2 Å². The van der Waals surface area contributed by atoms with Crippen LogP contribution in [0.5, 0.6) is 11.5 Å². The molecule has 0 bridgehead atoms. The molecule has 0 saturated heterocycles. The van der Waals surface area contributed by atoms with Gasteiger partial charge in [0.15, 0.2) is 0 Å². The van der Waals surface area contributed by atoms with Gasteiger partial charge in [-0.1, -0.05) is 42.5 Å². The first kappa shape index (κ1) is 17.6. The van der Waals surface area contributed by atoms with Crippen LogP contribution in [0.25, 0.3) is 0 Å². The highest BCUT2D eigenvalue weighted by Crippen LogP contribution is 2.27. The summed E-state index contributed by atoms with van der Waals surface area (Å²) in [6.45, 7) is 5.85. The van der Waals surface area contributed by atoms with Crippen LogP contribution in [0.2, 0.25) is 0 Å². The van der Waals surface area contributed by atoms with E-state index in [1.165, 1.54) is 0 Å². The Morgan fingerprint density at radius 2 is 1.67 bits per heavy atom. The highest BCUT2D eigenvalue weighted by molar-refractivity contribution is 5.94. The predicted octanol–water partition coefficient (Wildman–Crippen LogP) is 4.08. The van der Waals surface area contributed by atoms with Crippen molar-refractivity contribution >= 4 is 11.6 Å². The first-order chi connectivity index (χ1) is 11.5. The number of rotatable bonds is 7. The smallest absolute Gasteiger partial charge is 0.231 e. The number of amides is 1. The second kappa shape index (κ2) is 8.20. The van der Waals surface area contributed by atoms with Crippen molar-refractivity contribution in [2.45, 2.75) is 13.3 Å². The number of carbonyl (C=O) groups excluding carboxylic acids is 1. The molecular formula is C20H23NO3. The number of hydrogen-bond donors (Lipinski definition) is 1. The Morgan fingerprint density at radius 1 is 1.08 bits per heavy atom. The summed E-state index contributed by atoms with van der Waals surface area (Å²) in [6.07, 6.45) is 0.614. The van der Waals surface area contributed by atoms with Gasteiger partial charge in [0.2, 0.25) is 5.91 Å². The van der Waals surface area contributed by atoms with Gasteiger partial charge in [-0.2, -0.15) is 0 Å². The van der Waals surface area contributed by atoms with Gasteiger partial charge in [0.05, 0.1) is 20.1 Å². The standard InChI is InChI=1S/C20H23NO3/c1-14(2)19(10-15-8-6-5-7-9-15)20(22)21-16-11-17(23-3)13-18(12-16)24-4/h5-9,11-13,19H,1,10H2,2-4H3,(H,21,22). The lowest BCUT2D eigenvalue weighted by Gasteiger charge is -2.18. The molecule has 4 nitrogen and oxygen atoms in total. The molecule has 2 aromatic rings. The lowest BCUT2D eigenvalue weighted by atomic mass is 9.92. The molecule has 1 amide bonds. The third-order valence-electron chi connectivity index (χ3n) is 3.81. The Morgan fingerprint density at radius 3 is 2.17 bits per heavy atom. The maximum Gasteiger partial charge on any atom is 0.231 e. The van der Waals surface area contributed by atoms with Crippen molar-refractivity contribution in [2.75, 3.05) is 19.5 Å². The highest BCUT2D eigenvalue weighted by Gasteiger charge is 2.20. The molecule has 0 spiro atoms. The molecular weight excluding hydrogens is 302 g/mol. The van der Waals surface area contributed by atoms with E-state index in [0.29, 0.717) is 23.6 Å². The van der Waals surface area contributed by atoms with Crippen LogP contribution in [0.4, 0.5) is 5.69 Å². The summed E-state index contributed by atoms with van der Waals surface area (Å²) in [5.41, 5.74) is 2.56. The van der Waals surface area contributed by atoms with Crippen molar-refractivity contribution in [1.82, 2.24) is 0 Å². The molecule has 2 rings (SSSR count). The fourth-order valence-electron chi connectivity index (χ4n) is 2.45. The first-order valence-electron chi connectivity index (χ1n) is 7.76. The van der Waals surface area contributed by atoms with Gasteiger partial charge < -0.3 is 14.8 Å². The SMILES string of the molecule is C=C(C)C(Cc1ccccc1)C(=O)Nc1cc(OC)cc(OC)c1. The molecule has 0 heterocycles. The van der Waals surface area contributed by atoms with Crippen molar-refractivity contribution in [1.29, 1.82) is 0 Å². The Kier molecular flexibility index (Phi) is 6.01. The minimum Gasteiger partial charge on any atom is -0.497 e. The van der Waals surface area contributed by atoms with Crippen LogP contribution in [0.15, 0.2) is 60.7 Å². The predicted molar refractivity (Wildman–Crippen MR) is 96.6 cm³/mol. The molecule has 0 aliphatic heterocycles. The van der Waals surface area contributed by atoms with E-state index >= 15 is 0 Å². The maximum atomic E-state index is 12.7. The number of nitrogens with one attached hydrogen (secondary N) is 1. The van der Waals surface area contributed by atoms with E-state index in [9.17, 15) is 4.79 Å². The summed E-state index contributed by atoms with van der Waals surface area (Å²) in [7, 11) is 3.15. The van der Waals surface area contributed by atoms with Crippen molar-refractivity contribution in [3.63, 3.8) is 0 Å². The van der Waals surface area contributed by atoms with E-state index < -0.39 is 0 Å². The average molecular weight is 325 g/mol. The molecule has 0 aliphatic carbocycles. The molecule has 126 valence electrons. The zero-order valence-corrected chi connectivity index (χ0v) is 14.3. The summed E-state index contributed by atoms with van der Waals surface area (Å²) in [5, 5.41) is 2.93. The van der Waals surface area contributed by atoms with Gasteiger partial charge in [0.1, 0.15) is 11.5 Å². The molecule has 0 fully saturated rings. The molecule has 4 heteroatoms. The largest absolute Gasteiger partial charge is 0.497 e. The van der Waals surface area contributed by atoms with E-state index in [2.05, 4.69) is 11.9 Å². The second-order valence-electron chi connectivity index (χ2n) is 5.68. The minimum atomic E-state index is -0.301. The molecule has 0 aromatic heterocycles. The van der Waals surface area contributed by atoms with Crippen molar-refractivity contribution in [3.8, 4) is 11.5 Å². The van der Waals surface area contributed by atoms with Crippen LogP contribution >= 0.6 is 0 Å². The maximum absolute atomic E-state index is 12.7. The van der Waals surface area contributed by atoms with Crippen LogP contribution in [0, 0.1) is 5.92 Å². The Bertz CT molecular complexity index is 688. The molecule has 1 atom stereocenters. The number of carbonyl (C=O) groups is 1. The summed E-state index contributed by atoms with van der Waals surface area (Å²) in [4.78, 5) is 12.7. The van der Waals surface area contributed by atoms with E-state index in [0.717, 1.165) is 11.1 Å². The summed E-state index contributed by atoms with van der Waals surface area (Å²) < 4.78 is 10.5. The Labute approximate surface area is 143 Å².